The lowest BCUT2D eigenvalue weighted by Crippen LogP contribution is -2.60. The molecule has 2 unspecified atom stereocenters. The summed E-state index contributed by atoms with van der Waals surface area (Å²) in [6, 6.07) is 7.02. The van der Waals surface area contributed by atoms with Crippen molar-refractivity contribution in [1.29, 1.82) is 0 Å². The third kappa shape index (κ3) is 2.13. The molecule has 0 N–H and O–H groups in total. The van der Waals surface area contributed by atoms with E-state index in [1.54, 1.807) is 24.3 Å². The van der Waals surface area contributed by atoms with Crippen molar-refractivity contribution in [2.24, 2.45) is 17.8 Å². The Morgan fingerprint density at radius 3 is 2.60 bits per heavy atom. The number of rotatable bonds is 2. The van der Waals surface area contributed by atoms with Crippen molar-refractivity contribution in [2.45, 2.75) is 18.9 Å². The average molecular weight is 292 g/mol. The summed E-state index contributed by atoms with van der Waals surface area (Å²) in [5, 5.41) is 0.579. The zero-order chi connectivity index (χ0) is 13.7. The van der Waals surface area contributed by atoms with Gasteiger partial charge in [-0.15, -0.1) is 0 Å². The van der Waals surface area contributed by atoms with E-state index in [2.05, 4.69) is 4.90 Å². The van der Waals surface area contributed by atoms with Gasteiger partial charge in [0.15, 0.2) is 0 Å². The van der Waals surface area contributed by atoms with Crippen LogP contribution in [0.4, 0.5) is 0 Å². The maximum atomic E-state index is 12.3. The first-order chi connectivity index (χ1) is 9.69. The summed E-state index contributed by atoms with van der Waals surface area (Å²) in [6.07, 6.45) is 2.55. The zero-order valence-corrected chi connectivity index (χ0v) is 12.1. The van der Waals surface area contributed by atoms with Crippen molar-refractivity contribution in [3.05, 3.63) is 34.9 Å². The van der Waals surface area contributed by atoms with Crippen LogP contribution in [0.3, 0.4) is 0 Å². The van der Waals surface area contributed by atoms with Gasteiger partial charge in [0.2, 0.25) is 0 Å². The lowest BCUT2D eigenvalue weighted by Gasteiger charge is -2.55. The van der Waals surface area contributed by atoms with Crippen molar-refractivity contribution in [3.63, 3.8) is 0 Å². The Balaban J connectivity index is 1.50. The molecule has 4 fully saturated rings. The fourth-order valence-corrected chi connectivity index (χ4v) is 4.55. The highest BCUT2D eigenvalue weighted by atomic mass is 35.5. The molecule has 4 heteroatoms. The maximum Gasteiger partial charge on any atom is 0.338 e. The lowest BCUT2D eigenvalue weighted by atomic mass is 9.66. The van der Waals surface area contributed by atoms with Gasteiger partial charge in [0.1, 0.15) is 6.10 Å². The number of esters is 1. The molecule has 1 aromatic rings. The Kier molecular flexibility index (Phi) is 3.00. The number of nitrogens with zero attached hydrogens (tertiary/aromatic N) is 1. The zero-order valence-electron chi connectivity index (χ0n) is 11.3. The van der Waals surface area contributed by atoms with Crippen LogP contribution in [0.5, 0.6) is 0 Å². The Labute approximate surface area is 123 Å². The first kappa shape index (κ1) is 12.7. The maximum absolute atomic E-state index is 12.3. The monoisotopic (exact) mass is 291 g/mol. The minimum atomic E-state index is -0.222. The summed E-state index contributed by atoms with van der Waals surface area (Å²) in [5.41, 5.74) is 0.562. The standard InChI is InChI=1S/C16H18ClNO2/c17-14-3-1-2-11(6-14)16(19)20-15-12-4-10-5-13(15)9-18(7-10)8-12/h1-3,6,10,12-13,15H,4-5,7-9H2. The molecule has 5 rings (SSSR count). The van der Waals surface area contributed by atoms with E-state index < -0.39 is 0 Å². The first-order valence-corrected chi connectivity index (χ1v) is 7.76. The molecule has 0 spiro atoms. The van der Waals surface area contributed by atoms with E-state index in [0.717, 1.165) is 19.0 Å². The van der Waals surface area contributed by atoms with Gasteiger partial charge in [0.25, 0.3) is 0 Å². The summed E-state index contributed by atoms with van der Waals surface area (Å²) in [7, 11) is 0. The average Bonchev–Trinajstić information content (AvgIpc) is 2.42. The molecule has 1 aromatic carbocycles. The highest BCUT2D eigenvalue weighted by Gasteiger charge is 2.49. The van der Waals surface area contributed by atoms with Crippen molar-refractivity contribution in [1.82, 2.24) is 4.90 Å². The van der Waals surface area contributed by atoms with Crippen molar-refractivity contribution < 1.29 is 9.53 Å². The molecule has 3 saturated heterocycles. The van der Waals surface area contributed by atoms with Crippen LogP contribution in [-0.4, -0.2) is 36.6 Å². The molecule has 0 aromatic heterocycles. The van der Waals surface area contributed by atoms with Crippen LogP contribution in [-0.2, 0) is 4.74 Å². The van der Waals surface area contributed by atoms with Gasteiger partial charge in [0.05, 0.1) is 5.56 Å². The molecule has 3 heterocycles. The van der Waals surface area contributed by atoms with E-state index >= 15 is 0 Å². The van der Waals surface area contributed by atoms with E-state index in [1.807, 2.05) is 0 Å². The number of hydrogen-bond donors (Lipinski definition) is 0. The molecular formula is C16H18ClNO2. The SMILES string of the molecule is O=C(OC1C2CC3CC1CN(C3)C2)c1cccc(Cl)c1. The van der Waals surface area contributed by atoms with Crippen molar-refractivity contribution in [2.75, 3.05) is 19.6 Å². The highest BCUT2D eigenvalue weighted by Crippen LogP contribution is 2.44. The molecule has 4 aliphatic rings. The second kappa shape index (κ2) is 4.74. The predicted octanol–water partition coefficient (Wildman–Crippen LogP) is 2.84. The summed E-state index contributed by atoms with van der Waals surface area (Å²) in [4.78, 5) is 14.8. The number of ether oxygens (including phenoxy) is 1. The van der Waals surface area contributed by atoms with Crippen LogP contribution >= 0.6 is 11.6 Å². The van der Waals surface area contributed by atoms with Crippen LogP contribution in [0.1, 0.15) is 23.2 Å². The summed E-state index contributed by atoms with van der Waals surface area (Å²) >= 11 is 5.94. The van der Waals surface area contributed by atoms with Gasteiger partial charge in [-0.25, -0.2) is 4.79 Å². The molecule has 0 amide bonds. The summed E-state index contributed by atoms with van der Waals surface area (Å²) in [6.45, 7) is 3.45. The number of piperidine rings is 3. The third-order valence-corrected chi connectivity index (χ3v) is 5.24. The Bertz CT molecular complexity index is 517. The van der Waals surface area contributed by atoms with Crippen molar-refractivity contribution >= 4 is 17.6 Å². The molecule has 3 aliphatic heterocycles. The van der Waals surface area contributed by atoms with Crippen LogP contribution in [0.25, 0.3) is 0 Å². The Morgan fingerprint density at radius 2 is 1.95 bits per heavy atom. The smallest absolute Gasteiger partial charge is 0.338 e. The van der Waals surface area contributed by atoms with Crippen LogP contribution < -0.4 is 0 Å². The topological polar surface area (TPSA) is 29.5 Å². The normalized spacial score (nSPS) is 38.0. The highest BCUT2D eigenvalue weighted by molar-refractivity contribution is 6.30. The molecule has 20 heavy (non-hydrogen) atoms. The second-order valence-electron chi connectivity index (χ2n) is 6.46. The molecule has 106 valence electrons. The van der Waals surface area contributed by atoms with Gasteiger partial charge in [-0.05, 0) is 37.0 Å². The fourth-order valence-electron chi connectivity index (χ4n) is 4.36. The fraction of sp³-hybridized carbons (Fsp3) is 0.562. The van der Waals surface area contributed by atoms with Crippen LogP contribution in [0.15, 0.2) is 24.3 Å². The number of halogens is 1. The first-order valence-electron chi connectivity index (χ1n) is 7.38. The minimum Gasteiger partial charge on any atom is -0.458 e. The Hall–Kier alpha value is -1.06. The number of carbonyl (C=O) groups excluding carboxylic acids is 1. The quantitative estimate of drug-likeness (QED) is 0.785. The number of benzene rings is 1. The van der Waals surface area contributed by atoms with Gasteiger partial charge >= 0.3 is 5.97 Å². The van der Waals surface area contributed by atoms with E-state index in [0.29, 0.717) is 22.4 Å². The van der Waals surface area contributed by atoms with E-state index in [9.17, 15) is 4.79 Å². The van der Waals surface area contributed by atoms with Gasteiger partial charge in [-0.1, -0.05) is 17.7 Å². The third-order valence-electron chi connectivity index (χ3n) is 5.01. The van der Waals surface area contributed by atoms with E-state index in [-0.39, 0.29) is 12.1 Å². The Morgan fingerprint density at radius 1 is 1.20 bits per heavy atom. The summed E-state index contributed by atoms with van der Waals surface area (Å²) < 4.78 is 5.84. The molecule has 1 saturated carbocycles. The largest absolute Gasteiger partial charge is 0.458 e. The molecule has 1 aliphatic carbocycles. The van der Waals surface area contributed by atoms with Gasteiger partial charge in [0, 0.05) is 36.5 Å². The number of hydrogen-bond acceptors (Lipinski definition) is 3. The predicted molar refractivity (Wildman–Crippen MR) is 76.8 cm³/mol. The lowest BCUT2D eigenvalue weighted by molar-refractivity contribution is -0.116. The van der Waals surface area contributed by atoms with Gasteiger partial charge in [-0.3, -0.25) is 0 Å². The van der Waals surface area contributed by atoms with Gasteiger partial charge in [-0.2, -0.15) is 0 Å². The minimum absolute atomic E-state index is 0.106. The van der Waals surface area contributed by atoms with Crippen LogP contribution in [0, 0.1) is 17.8 Å². The molecular weight excluding hydrogens is 274 g/mol. The van der Waals surface area contributed by atoms with E-state index in [4.69, 9.17) is 16.3 Å². The molecule has 4 bridgehead atoms. The number of carbonyl (C=O) groups is 1. The summed E-state index contributed by atoms with van der Waals surface area (Å²) in [5.74, 6) is 1.67. The van der Waals surface area contributed by atoms with E-state index in [1.165, 1.54) is 19.4 Å². The van der Waals surface area contributed by atoms with Crippen molar-refractivity contribution in [3.8, 4) is 0 Å². The van der Waals surface area contributed by atoms with Gasteiger partial charge < -0.3 is 9.64 Å². The van der Waals surface area contributed by atoms with Crippen LogP contribution in [0.2, 0.25) is 5.02 Å². The molecule has 0 radical (unpaired) electrons. The molecule has 2 atom stereocenters. The molecule has 3 nitrogen and oxygen atoms in total. The second-order valence-corrected chi connectivity index (χ2v) is 6.89.